The summed E-state index contributed by atoms with van der Waals surface area (Å²) in [6.07, 6.45) is 1.39. The second-order valence-electron chi connectivity index (χ2n) is 9.38. The van der Waals surface area contributed by atoms with Crippen LogP contribution in [-0.2, 0) is 21.3 Å². The van der Waals surface area contributed by atoms with Crippen molar-refractivity contribution in [2.45, 2.75) is 26.2 Å². The zero-order valence-electron chi connectivity index (χ0n) is 22.3. The molecule has 0 saturated carbocycles. The largest absolute Gasteiger partial charge is 0.456 e. The summed E-state index contributed by atoms with van der Waals surface area (Å²) in [6, 6.07) is 21.6. The summed E-state index contributed by atoms with van der Waals surface area (Å²) in [4.78, 5) is 25.6. The first-order valence-corrected chi connectivity index (χ1v) is 15.0. The SMILES string of the molecule is CCC#CCC(Cc1ccc(C(=O)NCCS(=O)(=O)O)cc1)C(=O)Nc1ccc(-c2cc3ccccc3o2)cc1Cl. The Bertz CT molecular complexity index is 1690. The van der Waals surface area contributed by atoms with Crippen molar-refractivity contribution in [3.05, 3.63) is 88.9 Å². The van der Waals surface area contributed by atoms with Crippen LogP contribution in [0.25, 0.3) is 22.3 Å². The molecule has 1 atom stereocenters. The van der Waals surface area contributed by atoms with Crippen LogP contribution in [-0.4, -0.2) is 37.1 Å². The third-order valence-corrected chi connectivity index (χ3v) is 7.33. The molecule has 0 aliphatic heterocycles. The van der Waals surface area contributed by atoms with Crippen LogP contribution in [0.2, 0.25) is 5.02 Å². The molecule has 4 aromatic rings. The standard InChI is InChI=1S/C31H29ClN2O6S/c1-2-3-4-8-25(18-21-10-12-22(13-11-21)30(35)33-16-17-41(37,38)39)31(36)34-27-15-14-24(19-26(27)32)29-20-23-7-5-6-9-28(23)40-29/h5-7,9-15,19-20,25H,2,8,16-18H2,1H3,(H,33,35)(H,34,36)(H,37,38,39). The molecule has 0 aliphatic carbocycles. The Morgan fingerprint density at radius 3 is 2.46 bits per heavy atom. The Morgan fingerprint density at radius 2 is 1.78 bits per heavy atom. The zero-order chi connectivity index (χ0) is 29.4. The maximum atomic E-state index is 13.3. The summed E-state index contributed by atoms with van der Waals surface area (Å²) >= 11 is 6.55. The highest BCUT2D eigenvalue weighted by Crippen LogP contribution is 2.32. The minimum Gasteiger partial charge on any atom is -0.456 e. The number of nitrogens with one attached hydrogen (secondary N) is 2. The van der Waals surface area contributed by atoms with E-state index in [1.807, 2.05) is 43.3 Å². The van der Waals surface area contributed by atoms with E-state index < -0.39 is 27.7 Å². The molecule has 3 N–H and O–H groups in total. The molecule has 0 aliphatic rings. The molecule has 0 saturated heterocycles. The van der Waals surface area contributed by atoms with Gasteiger partial charge in [-0.25, -0.2) is 0 Å². The summed E-state index contributed by atoms with van der Waals surface area (Å²) in [5, 5.41) is 6.73. The van der Waals surface area contributed by atoms with Crippen LogP contribution in [0.5, 0.6) is 0 Å². The number of carbonyl (C=O) groups excluding carboxylic acids is 2. The number of amides is 2. The van der Waals surface area contributed by atoms with Crippen LogP contribution in [0.15, 0.2) is 77.2 Å². The van der Waals surface area contributed by atoms with E-state index in [4.69, 9.17) is 20.6 Å². The number of rotatable bonds is 10. The molecule has 3 aromatic carbocycles. The van der Waals surface area contributed by atoms with Gasteiger partial charge in [0.25, 0.3) is 16.0 Å². The van der Waals surface area contributed by atoms with E-state index in [2.05, 4.69) is 22.5 Å². The van der Waals surface area contributed by atoms with Gasteiger partial charge in [-0.2, -0.15) is 8.42 Å². The van der Waals surface area contributed by atoms with Gasteiger partial charge in [0, 0.05) is 35.9 Å². The molecule has 0 fully saturated rings. The van der Waals surface area contributed by atoms with Crippen LogP contribution < -0.4 is 10.6 Å². The van der Waals surface area contributed by atoms with Crippen LogP contribution in [0, 0.1) is 17.8 Å². The Hall–Kier alpha value is -4.10. The van der Waals surface area contributed by atoms with Crippen LogP contribution in [0.1, 0.15) is 35.7 Å². The van der Waals surface area contributed by atoms with Crippen molar-refractivity contribution < 1.29 is 27.0 Å². The highest BCUT2D eigenvalue weighted by Gasteiger charge is 2.20. The Labute approximate surface area is 243 Å². The van der Waals surface area contributed by atoms with Crippen molar-refractivity contribution in [2.75, 3.05) is 17.6 Å². The lowest BCUT2D eigenvalue weighted by molar-refractivity contribution is -0.119. The minimum atomic E-state index is -4.16. The van der Waals surface area contributed by atoms with Gasteiger partial charge in [0.1, 0.15) is 11.3 Å². The lowest BCUT2D eigenvalue weighted by Gasteiger charge is -2.16. The fourth-order valence-electron chi connectivity index (χ4n) is 4.18. The van der Waals surface area contributed by atoms with E-state index in [-0.39, 0.29) is 12.5 Å². The first-order valence-electron chi connectivity index (χ1n) is 13.0. The number of para-hydroxylation sites is 1. The lowest BCUT2D eigenvalue weighted by atomic mass is 9.94. The van der Waals surface area contributed by atoms with Gasteiger partial charge < -0.3 is 15.1 Å². The second-order valence-corrected chi connectivity index (χ2v) is 11.4. The summed E-state index contributed by atoms with van der Waals surface area (Å²) < 4.78 is 36.4. The maximum Gasteiger partial charge on any atom is 0.266 e. The second kappa shape index (κ2) is 13.5. The molecule has 10 heteroatoms. The van der Waals surface area contributed by atoms with E-state index in [0.717, 1.165) is 22.1 Å². The van der Waals surface area contributed by atoms with E-state index in [1.54, 1.807) is 36.4 Å². The first-order chi connectivity index (χ1) is 19.6. The summed E-state index contributed by atoms with van der Waals surface area (Å²) in [7, 11) is -4.16. The number of benzene rings is 3. The predicted molar refractivity (Wildman–Crippen MR) is 160 cm³/mol. The van der Waals surface area contributed by atoms with Crippen molar-refractivity contribution in [3.63, 3.8) is 0 Å². The summed E-state index contributed by atoms with van der Waals surface area (Å²) in [5.41, 5.74) is 3.19. The molecule has 1 unspecified atom stereocenters. The third-order valence-electron chi connectivity index (χ3n) is 6.30. The average Bonchev–Trinajstić information content (AvgIpc) is 3.38. The number of anilines is 1. The van der Waals surface area contributed by atoms with Crippen molar-refractivity contribution in [1.29, 1.82) is 0 Å². The van der Waals surface area contributed by atoms with Gasteiger partial charge in [0.05, 0.1) is 22.4 Å². The number of hydrogen-bond acceptors (Lipinski definition) is 5. The smallest absolute Gasteiger partial charge is 0.266 e. The molecule has 2 amide bonds. The Balaban J connectivity index is 1.44. The molecule has 0 spiro atoms. The quantitative estimate of drug-likeness (QED) is 0.154. The molecule has 41 heavy (non-hydrogen) atoms. The van der Waals surface area contributed by atoms with Crippen LogP contribution in [0.4, 0.5) is 5.69 Å². The van der Waals surface area contributed by atoms with Crippen LogP contribution >= 0.6 is 11.6 Å². The molecular formula is C31H29ClN2O6S. The van der Waals surface area contributed by atoms with Gasteiger partial charge in [-0.3, -0.25) is 14.1 Å². The highest BCUT2D eigenvalue weighted by molar-refractivity contribution is 7.85. The Kier molecular flexibility index (Phi) is 9.84. The van der Waals surface area contributed by atoms with Gasteiger partial charge in [0.15, 0.2) is 0 Å². The third kappa shape index (κ3) is 8.44. The number of halogens is 1. The lowest BCUT2D eigenvalue weighted by Crippen LogP contribution is -2.29. The Morgan fingerprint density at radius 1 is 1.02 bits per heavy atom. The summed E-state index contributed by atoms with van der Waals surface area (Å²) in [6.45, 7) is 1.73. The van der Waals surface area contributed by atoms with Gasteiger partial charge in [0.2, 0.25) is 5.91 Å². The fraction of sp³-hybridized carbons (Fsp3) is 0.226. The normalized spacial score (nSPS) is 11.9. The fourth-order valence-corrected chi connectivity index (χ4v) is 4.77. The van der Waals surface area contributed by atoms with E-state index in [9.17, 15) is 18.0 Å². The monoisotopic (exact) mass is 592 g/mol. The van der Waals surface area contributed by atoms with Crippen molar-refractivity contribution >= 4 is 50.2 Å². The highest BCUT2D eigenvalue weighted by atomic mass is 35.5. The maximum absolute atomic E-state index is 13.3. The molecule has 0 radical (unpaired) electrons. The minimum absolute atomic E-state index is 0.209. The van der Waals surface area contributed by atoms with E-state index in [1.165, 1.54) is 0 Å². The van der Waals surface area contributed by atoms with Crippen molar-refractivity contribution in [1.82, 2.24) is 5.32 Å². The molecule has 8 nitrogen and oxygen atoms in total. The first kappa shape index (κ1) is 29.9. The molecule has 1 aromatic heterocycles. The molecule has 4 rings (SSSR count). The summed E-state index contributed by atoms with van der Waals surface area (Å²) in [5.74, 6) is 4.98. The van der Waals surface area contributed by atoms with E-state index in [0.29, 0.717) is 41.3 Å². The van der Waals surface area contributed by atoms with Gasteiger partial charge in [-0.15, -0.1) is 11.8 Å². The number of furan rings is 1. The number of carbonyl (C=O) groups is 2. The molecule has 212 valence electrons. The van der Waals surface area contributed by atoms with Gasteiger partial charge >= 0.3 is 0 Å². The average molecular weight is 593 g/mol. The number of hydrogen-bond donors (Lipinski definition) is 3. The van der Waals surface area contributed by atoms with E-state index >= 15 is 0 Å². The van der Waals surface area contributed by atoms with Crippen molar-refractivity contribution in [2.24, 2.45) is 5.92 Å². The zero-order valence-corrected chi connectivity index (χ0v) is 23.9. The van der Waals surface area contributed by atoms with Gasteiger partial charge in [-0.1, -0.05) is 48.9 Å². The van der Waals surface area contributed by atoms with Gasteiger partial charge in [-0.05, 0) is 54.4 Å². The van der Waals surface area contributed by atoms with Crippen molar-refractivity contribution in [3.8, 4) is 23.2 Å². The number of fused-ring (bicyclic) bond motifs is 1. The van der Waals surface area contributed by atoms with Crippen LogP contribution in [0.3, 0.4) is 0 Å². The predicted octanol–water partition coefficient (Wildman–Crippen LogP) is 5.97. The molecule has 0 bridgehead atoms. The molecular weight excluding hydrogens is 564 g/mol. The molecule has 1 heterocycles. The topological polar surface area (TPSA) is 126 Å².